The first-order valence-corrected chi connectivity index (χ1v) is 9.57. The highest BCUT2D eigenvalue weighted by Gasteiger charge is 2.27. The molecule has 0 unspecified atom stereocenters. The number of pyridine rings is 1. The predicted octanol–water partition coefficient (Wildman–Crippen LogP) is 2.83. The fraction of sp³-hybridized carbons (Fsp3) is 0.381. The van der Waals surface area contributed by atoms with Crippen molar-refractivity contribution in [1.82, 2.24) is 10.3 Å². The first kappa shape index (κ1) is 17.5. The lowest BCUT2D eigenvalue weighted by atomic mass is 9.97. The fourth-order valence-corrected chi connectivity index (χ4v) is 3.37. The number of piperidine rings is 1. The van der Waals surface area contributed by atoms with Gasteiger partial charge >= 0.3 is 0 Å². The van der Waals surface area contributed by atoms with E-state index in [1.54, 1.807) is 6.20 Å². The molecule has 2 aliphatic rings. The number of rotatable bonds is 5. The molecule has 1 atom stereocenters. The highest BCUT2D eigenvalue weighted by atomic mass is 16.2. The summed E-state index contributed by atoms with van der Waals surface area (Å²) >= 11 is 0. The van der Waals surface area contributed by atoms with Gasteiger partial charge in [-0.1, -0.05) is 18.2 Å². The Morgan fingerprint density at radius 3 is 2.56 bits per heavy atom. The van der Waals surface area contributed by atoms with E-state index >= 15 is 0 Å². The van der Waals surface area contributed by atoms with E-state index in [0.29, 0.717) is 18.2 Å². The zero-order chi connectivity index (χ0) is 18.6. The lowest BCUT2D eigenvalue weighted by molar-refractivity contribution is -0.120. The average molecular weight is 364 g/mol. The van der Waals surface area contributed by atoms with E-state index in [9.17, 15) is 9.59 Å². The second-order valence-corrected chi connectivity index (χ2v) is 7.29. The molecule has 6 nitrogen and oxygen atoms in total. The summed E-state index contributed by atoms with van der Waals surface area (Å²) in [5.74, 6) is 0.732. The van der Waals surface area contributed by atoms with Gasteiger partial charge in [0, 0.05) is 31.0 Å². The molecule has 140 valence electrons. The lowest BCUT2D eigenvalue weighted by Gasteiger charge is -2.32. The Labute approximate surface area is 159 Å². The number of benzene rings is 1. The molecule has 2 amide bonds. The first-order valence-electron chi connectivity index (χ1n) is 9.57. The van der Waals surface area contributed by atoms with Gasteiger partial charge in [-0.25, -0.2) is 4.98 Å². The molecule has 4 rings (SSSR count). The minimum absolute atomic E-state index is 0.0475. The highest BCUT2D eigenvalue weighted by Crippen LogP contribution is 2.24. The minimum atomic E-state index is -0.0707. The Balaban J connectivity index is 1.37. The normalized spacial score (nSPS) is 19.4. The number of aromatic nitrogens is 1. The largest absolute Gasteiger partial charge is 0.356 e. The third-order valence-electron chi connectivity index (χ3n) is 5.08. The number of amides is 2. The molecule has 0 radical (unpaired) electrons. The summed E-state index contributed by atoms with van der Waals surface area (Å²) in [6, 6.07) is 13.6. The minimum Gasteiger partial charge on any atom is -0.356 e. The standard InChI is InChI=1S/C21H24N4O2/c26-20(24-18-9-10-18)15-8-11-19(22-13-15)25-12-4-5-16(14-25)21(27)23-17-6-2-1-3-7-17/h1-3,6-8,11,13,16,18H,4-5,9-10,12,14H2,(H,23,27)(H,24,26)/t16-/m1/s1. The van der Waals surface area contributed by atoms with Crippen LogP contribution in [0.25, 0.3) is 0 Å². The summed E-state index contributed by atoms with van der Waals surface area (Å²) in [6.45, 7) is 1.51. The molecule has 1 aliphatic heterocycles. The van der Waals surface area contributed by atoms with Crippen LogP contribution in [-0.2, 0) is 4.79 Å². The molecule has 2 heterocycles. The van der Waals surface area contributed by atoms with Crippen LogP contribution in [0.5, 0.6) is 0 Å². The van der Waals surface area contributed by atoms with Gasteiger partial charge in [-0.2, -0.15) is 0 Å². The first-order chi connectivity index (χ1) is 13.2. The maximum atomic E-state index is 12.6. The van der Waals surface area contributed by atoms with Crippen LogP contribution in [0, 0.1) is 5.92 Å². The van der Waals surface area contributed by atoms with E-state index in [-0.39, 0.29) is 17.7 Å². The van der Waals surface area contributed by atoms with E-state index in [2.05, 4.69) is 20.5 Å². The van der Waals surface area contributed by atoms with Crippen molar-refractivity contribution in [3.05, 3.63) is 54.2 Å². The van der Waals surface area contributed by atoms with Crippen LogP contribution in [0.2, 0.25) is 0 Å². The Morgan fingerprint density at radius 2 is 1.85 bits per heavy atom. The van der Waals surface area contributed by atoms with Gasteiger partial charge in [0.1, 0.15) is 5.82 Å². The van der Waals surface area contributed by atoms with Gasteiger partial charge < -0.3 is 15.5 Å². The Kier molecular flexibility index (Phi) is 5.05. The molecule has 0 bridgehead atoms. The van der Waals surface area contributed by atoms with Crippen molar-refractivity contribution in [2.75, 3.05) is 23.3 Å². The zero-order valence-electron chi connectivity index (χ0n) is 15.2. The maximum Gasteiger partial charge on any atom is 0.253 e. The summed E-state index contributed by atoms with van der Waals surface area (Å²) in [5.41, 5.74) is 1.41. The molecule has 1 aromatic heterocycles. The second-order valence-electron chi connectivity index (χ2n) is 7.29. The number of hydrogen-bond donors (Lipinski definition) is 2. The second kappa shape index (κ2) is 7.78. The van der Waals surface area contributed by atoms with Gasteiger partial charge in [0.05, 0.1) is 11.5 Å². The fourth-order valence-electron chi connectivity index (χ4n) is 3.37. The molecule has 2 aromatic rings. The van der Waals surface area contributed by atoms with Gasteiger partial charge in [0.15, 0.2) is 0 Å². The van der Waals surface area contributed by atoms with Crippen LogP contribution in [0.4, 0.5) is 11.5 Å². The van der Waals surface area contributed by atoms with E-state index < -0.39 is 0 Å². The van der Waals surface area contributed by atoms with Gasteiger partial charge in [0.2, 0.25) is 5.91 Å². The van der Waals surface area contributed by atoms with Crippen molar-refractivity contribution >= 4 is 23.3 Å². The van der Waals surface area contributed by atoms with Gasteiger partial charge in [0.25, 0.3) is 5.91 Å². The molecule has 1 saturated carbocycles. The summed E-state index contributed by atoms with van der Waals surface area (Å²) in [6.07, 6.45) is 5.57. The molecule has 0 spiro atoms. The SMILES string of the molecule is O=C(NC1CC1)c1ccc(N2CCC[C@@H](C(=O)Nc3ccccc3)C2)nc1. The third kappa shape index (κ3) is 4.45. The number of para-hydroxylation sites is 1. The van der Waals surface area contributed by atoms with E-state index in [0.717, 1.165) is 43.7 Å². The van der Waals surface area contributed by atoms with Crippen LogP contribution < -0.4 is 15.5 Å². The van der Waals surface area contributed by atoms with Crippen molar-refractivity contribution < 1.29 is 9.59 Å². The van der Waals surface area contributed by atoms with Crippen molar-refractivity contribution in [3.63, 3.8) is 0 Å². The third-order valence-corrected chi connectivity index (χ3v) is 5.08. The molecule has 27 heavy (non-hydrogen) atoms. The van der Waals surface area contributed by atoms with E-state index in [4.69, 9.17) is 0 Å². The van der Waals surface area contributed by atoms with E-state index in [1.807, 2.05) is 42.5 Å². The van der Waals surface area contributed by atoms with Gasteiger partial charge in [-0.05, 0) is 49.9 Å². The summed E-state index contributed by atoms with van der Waals surface area (Å²) in [7, 11) is 0. The van der Waals surface area contributed by atoms with Crippen LogP contribution in [0.15, 0.2) is 48.7 Å². The molecular formula is C21H24N4O2. The van der Waals surface area contributed by atoms with Gasteiger partial charge in [-0.3, -0.25) is 9.59 Å². The van der Waals surface area contributed by atoms with Crippen molar-refractivity contribution in [2.24, 2.45) is 5.92 Å². The Morgan fingerprint density at radius 1 is 1.04 bits per heavy atom. The van der Waals surface area contributed by atoms with Crippen molar-refractivity contribution in [2.45, 2.75) is 31.7 Å². The monoisotopic (exact) mass is 364 g/mol. The lowest BCUT2D eigenvalue weighted by Crippen LogP contribution is -2.41. The summed E-state index contributed by atoms with van der Waals surface area (Å²) in [5, 5.41) is 5.96. The van der Waals surface area contributed by atoms with Crippen molar-refractivity contribution in [3.8, 4) is 0 Å². The number of nitrogens with one attached hydrogen (secondary N) is 2. The molecule has 2 fully saturated rings. The quantitative estimate of drug-likeness (QED) is 0.856. The Hall–Kier alpha value is -2.89. The number of nitrogens with zero attached hydrogens (tertiary/aromatic N) is 2. The number of carbonyl (C=O) groups is 2. The molecule has 1 aliphatic carbocycles. The van der Waals surface area contributed by atoms with Crippen LogP contribution >= 0.6 is 0 Å². The average Bonchev–Trinajstić information content (AvgIpc) is 3.53. The number of carbonyl (C=O) groups excluding carboxylic acids is 2. The van der Waals surface area contributed by atoms with Crippen LogP contribution in [0.3, 0.4) is 0 Å². The van der Waals surface area contributed by atoms with Crippen molar-refractivity contribution in [1.29, 1.82) is 0 Å². The topological polar surface area (TPSA) is 74.3 Å². The number of hydrogen-bond acceptors (Lipinski definition) is 4. The summed E-state index contributed by atoms with van der Waals surface area (Å²) < 4.78 is 0. The van der Waals surface area contributed by atoms with Crippen LogP contribution in [0.1, 0.15) is 36.0 Å². The Bertz CT molecular complexity index is 803. The smallest absolute Gasteiger partial charge is 0.253 e. The maximum absolute atomic E-state index is 12.6. The van der Waals surface area contributed by atoms with Gasteiger partial charge in [-0.15, -0.1) is 0 Å². The number of anilines is 2. The molecule has 2 N–H and O–H groups in total. The molecule has 1 aromatic carbocycles. The predicted molar refractivity (Wildman–Crippen MR) is 105 cm³/mol. The molecular weight excluding hydrogens is 340 g/mol. The highest BCUT2D eigenvalue weighted by molar-refractivity contribution is 5.94. The molecule has 1 saturated heterocycles. The molecule has 6 heteroatoms. The van der Waals surface area contributed by atoms with Crippen LogP contribution in [-0.4, -0.2) is 35.9 Å². The zero-order valence-corrected chi connectivity index (χ0v) is 15.2. The summed E-state index contributed by atoms with van der Waals surface area (Å²) in [4.78, 5) is 31.3. The van der Waals surface area contributed by atoms with E-state index in [1.165, 1.54) is 0 Å².